The highest BCUT2D eigenvalue weighted by Gasteiger charge is 2.20. The Bertz CT molecular complexity index is 425. The van der Waals surface area contributed by atoms with E-state index in [0.717, 1.165) is 12.3 Å². The van der Waals surface area contributed by atoms with E-state index < -0.39 is 0 Å². The Balaban J connectivity index is 2.31. The molecule has 1 aromatic carbocycles. The minimum Gasteiger partial charge on any atom is -0.467 e. The third-order valence-corrected chi connectivity index (χ3v) is 2.85. The molecule has 0 spiro atoms. The van der Waals surface area contributed by atoms with Gasteiger partial charge in [0.1, 0.15) is 5.76 Å². The van der Waals surface area contributed by atoms with Gasteiger partial charge in [-0.05, 0) is 24.7 Å². The lowest BCUT2D eigenvalue weighted by Gasteiger charge is -2.26. The highest BCUT2D eigenvalue weighted by atomic mass is 16.3. The number of likely N-dealkylation sites (N-methyl/N-ethyl adjacent to an activating group) is 1. The van der Waals surface area contributed by atoms with Crippen LogP contribution >= 0.6 is 0 Å². The molecule has 1 atom stereocenters. The molecule has 2 aromatic rings. The molecule has 0 saturated heterocycles. The van der Waals surface area contributed by atoms with Gasteiger partial charge in [-0.1, -0.05) is 30.3 Å². The Morgan fingerprint density at radius 3 is 2.53 bits per heavy atom. The summed E-state index contributed by atoms with van der Waals surface area (Å²) < 4.78 is 5.54. The molecular formula is C14H18N2O. The number of nitrogens with two attached hydrogens (primary N) is 1. The van der Waals surface area contributed by atoms with Gasteiger partial charge in [-0.25, -0.2) is 0 Å². The zero-order valence-electron chi connectivity index (χ0n) is 10.0. The van der Waals surface area contributed by atoms with E-state index in [4.69, 9.17) is 10.2 Å². The smallest absolute Gasteiger partial charge is 0.125 e. The Kier molecular flexibility index (Phi) is 3.96. The van der Waals surface area contributed by atoms with Crippen LogP contribution in [0.4, 0.5) is 0 Å². The molecule has 0 amide bonds. The predicted molar refractivity (Wildman–Crippen MR) is 68.7 cm³/mol. The minimum absolute atomic E-state index is 0.134. The van der Waals surface area contributed by atoms with Crippen molar-refractivity contribution in [1.29, 1.82) is 0 Å². The Labute approximate surface area is 102 Å². The van der Waals surface area contributed by atoms with Crippen molar-refractivity contribution in [1.82, 2.24) is 4.90 Å². The zero-order chi connectivity index (χ0) is 12.1. The fraction of sp³-hybridized carbons (Fsp3) is 0.286. The summed E-state index contributed by atoms with van der Waals surface area (Å²) in [6.07, 6.45) is 1.71. The van der Waals surface area contributed by atoms with Crippen LogP contribution in [0.5, 0.6) is 0 Å². The van der Waals surface area contributed by atoms with Crippen molar-refractivity contribution in [3.05, 3.63) is 60.1 Å². The first-order valence-electron chi connectivity index (χ1n) is 5.81. The second kappa shape index (κ2) is 5.66. The van der Waals surface area contributed by atoms with Gasteiger partial charge in [-0.2, -0.15) is 0 Å². The van der Waals surface area contributed by atoms with Gasteiger partial charge in [-0.3, -0.25) is 4.90 Å². The summed E-state index contributed by atoms with van der Waals surface area (Å²) in [4.78, 5) is 2.20. The molecule has 1 aromatic heterocycles. The van der Waals surface area contributed by atoms with Gasteiger partial charge in [0, 0.05) is 13.1 Å². The molecule has 0 fully saturated rings. The Hall–Kier alpha value is -1.58. The van der Waals surface area contributed by atoms with E-state index in [1.54, 1.807) is 6.26 Å². The number of furan rings is 1. The van der Waals surface area contributed by atoms with E-state index in [2.05, 4.69) is 24.1 Å². The fourth-order valence-corrected chi connectivity index (χ4v) is 2.05. The molecule has 3 nitrogen and oxygen atoms in total. The van der Waals surface area contributed by atoms with Gasteiger partial charge in [0.2, 0.25) is 0 Å². The third-order valence-electron chi connectivity index (χ3n) is 2.85. The van der Waals surface area contributed by atoms with Crippen molar-refractivity contribution in [3.8, 4) is 0 Å². The summed E-state index contributed by atoms with van der Waals surface area (Å²) in [7, 11) is 2.06. The summed E-state index contributed by atoms with van der Waals surface area (Å²) in [5.74, 6) is 0.951. The standard InChI is InChI=1S/C14H18N2O/c1-16(10-9-15)14(13-8-5-11-17-13)12-6-3-2-4-7-12/h2-8,11,14H,9-10,15H2,1H3. The average molecular weight is 230 g/mol. The van der Waals surface area contributed by atoms with E-state index in [9.17, 15) is 0 Å². The molecule has 17 heavy (non-hydrogen) atoms. The van der Waals surface area contributed by atoms with E-state index in [1.807, 2.05) is 30.3 Å². The van der Waals surface area contributed by atoms with E-state index in [1.165, 1.54) is 5.56 Å². The van der Waals surface area contributed by atoms with Gasteiger partial charge in [0.15, 0.2) is 0 Å². The Morgan fingerprint density at radius 2 is 1.94 bits per heavy atom. The first-order valence-corrected chi connectivity index (χ1v) is 5.81. The van der Waals surface area contributed by atoms with Crippen LogP contribution in [-0.4, -0.2) is 25.0 Å². The van der Waals surface area contributed by atoms with Crippen molar-refractivity contribution in [2.24, 2.45) is 5.73 Å². The van der Waals surface area contributed by atoms with Gasteiger partial charge in [0.25, 0.3) is 0 Å². The zero-order valence-corrected chi connectivity index (χ0v) is 10.0. The van der Waals surface area contributed by atoms with Crippen LogP contribution in [-0.2, 0) is 0 Å². The molecule has 2 N–H and O–H groups in total. The molecule has 0 aliphatic carbocycles. The van der Waals surface area contributed by atoms with Crippen LogP contribution in [0.15, 0.2) is 53.1 Å². The summed E-state index contributed by atoms with van der Waals surface area (Å²) in [6.45, 7) is 1.47. The maximum atomic E-state index is 5.63. The van der Waals surface area contributed by atoms with Crippen LogP contribution in [0.1, 0.15) is 17.4 Å². The number of benzene rings is 1. The van der Waals surface area contributed by atoms with Gasteiger partial charge < -0.3 is 10.2 Å². The normalized spacial score (nSPS) is 12.9. The monoisotopic (exact) mass is 230 g/mol. The summed E-state index contributed by atoms with van der Waals surface area (Å²) in [5.41, 5.74) is 6.85. The van der Waals surface area contributed by atoms with Crippen LogP contribution in [0.3, 0.4) is 0 Å². The van der Waals surface area contributed by atoms with Crippen LogP contribution < -0.4 is 5.73 Å². The van der Waals surface area contributed by atoms with E-state index in [-0.39, 0.29) is 6.04 Å². The van der Waals surface area contributed by atoms with Crippen LogP contribution in [0.2, 0.25) is 0 Å². The van der Waals surface area contributed by atoms with Crippen LogP contribution in [0.25, 0.3) is 0 Å². The average Bonchev–Trinajstić information content (AvgIpc) is 2.85. The molecule has 0 bridgehead atoms. The summed E-state index contributed by atoms with van der Waals surface area (Å²) in [5, 5.41) is 0. The molecule has 0 aliphatic heterocycles. The predicted octanol–water partition coefficient (Wildman–Crippen LogP) is 2.26. The highest BCUT2D eigenvalue weighted by Crippen LogP contribution is 2.27. The first-order chi connectivity index (χ1) is 8.33. The molecule has 0 saturated carbocycles. The summed E-state index contributed by atoms with van der Waals surface area (Å²) in [6, 6.07) is 14.4. The van der Waals surface area contributed by atoms with E-state index in [0.29, 0.717) is 6.54 Å². The van der Waals surface area contributed by atoms with Crippen LogP contribution in [0, 0.1) is 0 Å². The molecule has 0 aliphatic rings. The second-order valence-electron chi connectivity index (χ2n) is 4.10. The van der Waals surface area contributed by atoms with Crippen molar-refractivity contribution >= 4 is 0 Å². The lowest BCUT2D eigenvalue weighted by molar-refractivity contribution is 0.254. The van der Waals surface area contributed by atoms with Gasteiger partial charge >= 0.3 is 0 Å². The lowest BCUT2D eigenvalue weighted by atomic mass is 10.0. The van der Waals surface area contributed by atoms with Gasteiger partial charge in [-0.15, -0.1) is 0 Å². The molecule has 0 radical (unpaired) electrons. The topological polar surface area (TPSA) is 42.4 Å². The molecular weight excluding hydrogens is 212 g/mol. The molecule has 1 unspecified atom stereocenters. The van der Waals surface area contributed by atoms with Crippen molar-refractivity contribution < 1.29 is 4.42 Å². The number of hydrogen-bond acceptors (Lipinski definition) is 3. The molecule has 3 heteroatoms. The van der Waals surface area contributed by atoms with Crippen molar-refractivity contribution in [2.45, 2.75) is 6.04 Å². The van der Waals surface area contributed by atoms with Gasteiger partial charge in [0.05, 0.1) is 12.3 Å². The first kappa shape index (κ1) is 11.9. The lowest BCUT2D eigenvalue weighted by Crippen LogP contribution is -2.30. The fourth-order valence-electron chi connectivity index (χ4n) is 2.05. The van der Waals surface area contributed by atoms with Crippen molar-refractivity contribution in [3.63, 3.8) is 0 Å². The largest absolute Gasteiger partial charge is 0.467 e. The third kappa shape index (κ3) is 2.75. The molecule has 1 heterocycles. The highest BCUT2D eigenvalue weighted by molar-refractivity contribution is 5.26. The molecule has 90 valence electrons. The number of rotatable bonds is 5. The SMILES string of the molecule is CN(CCN)C(c1ccccc1)c1ccco1. The molecule has 2 rings (SSSR count). The quantitative estimate of drug-likeness (QED) is 0.856. The number of hydrogen-bond donors (Lipinski definition) is 1. The minimum atomic E-state index is 0.134. The second-order valence-corrected chi connectivity index (χ2v) is 4.10. The van der Waals surface area contributed by atoms with Crippen molar-refractivity contribution in [2.75, 3.05) is 20.1 Å². The maximum absolute atomic E-state index is 5.63. The van der Waals surface area contributed by atoms with E-state index >= 15 is 0 Å². The number of nitrogens with zero attached hydrogens (tertiary/aromatic N) is 1. The maximum Gasteiger partial charge on any atom is 0.125 e. The Morgan fingerprint density at radius 1 is 1.18 bits per heavy atom. The summed E-state index contributed by atoms with van der Waals surface area (Å²) >= 11 is 0.